The van der Waals surface area contributed by atoms with Crippen LogP contribution in [0.2, 0.25) is 0 Å². The Morgan fingerprint density at radius 3 is 2.60 bits per heavy atom. The third kappa shape index (κ3) is 2.31. The summed E-state index contributed by atoms with van der Waals surface area (Å²) in [5.74, 6) is -1.45. The molecule has 3 nitrogen and oxygen atoms in total. The van der Waals surface area contributed by atoms with Gasteiger partial charge in [-0.1, -0.05) is 0 Å². The van der Waals surface area contributed by atoms with E-state index < -0.39 is 11.9 Å². The van der Waals surface area contributed by atoms with Crippen molar-refractivity contribution in [2.75, 3.05) is 0 Å². The Bertz CT molecular complexity index is 200. The van der Waals surface area contributed by atoms with Gasteiger partial charge < -0.3 is 5.11 Å². The number of carboxylic acid groups (broad SMARTS) is 1. The summed E-state index contributed by atoms with van der Waals surface area (Å²) in [7, 11) is 0. The molecule has 1 atom stereocenters. The molecule has 0 spiro atoms. The molecular formula is C7H9NO2. The molecular weight excluding hydrogens is 130 g/mol. The quantitative estimate of drug-likeness (QED) is 0.584. The van der Waals surface area contributed by atoms with Gasteiger partial charge in [0.25, 0.3) is 0 Å². The molecule has 0 aromatic rings. The van der Waals surface area contributed by atoms with Crippen molar-refractivity contribution in [2.45, 2.75) is 13.8 Å². The van der Waals surface area contributed by atoms with E-state index in [0.29, 0.717) is 5.57 Å². The van der Waals surface area contributed by atoms with Crippen LogP contribution in [0.25, 0.3) is 0 Å². The summed E-state index contributed by atoms with van der Waals surface area (Å²) in [5.41, 5.74) is 0.579. The second-order valence-corrected chi connectivity index (χ2v) is 2.08. The lowest BCUT2D eigenvalue weighted by molar-refractivity contribution is -0.139. The third-order valence-electron chi connectivity index (χ3n) is 1.35. The number of carboxylic acids is 1. The van der Waals surface area contributed by atoms with Gasteiger partial charge in [-0.15, -0.1) is 0 Å². The van der Waals surface area contributed by atoms with Crippen LogP contribution in [-0.4, -0.2) is 11.1 Å². The summed E-state index contributed by atoms with van der Waals surface area (Å²) in [6.07, 6.45) is 1.25. The molecule has 0 bridgehead atoms. The zero-order valence-corrected chi connectivity index (χ0v) is 5.96. The van der Waals surface area contributed by atoms with E-state index in [1.807, 2.05) is 0 Å². The van der Waals surface area contributed by atoms with Gasteiger partial charge in [0, 0.05) is 6.08 Å². The van der Waals surface area contributed by atoms with Crippen molar-refractivity contribution in [3.8, 4) is 6.07 Å². The maximum atomic E-state index is 10.3. The molecule has 0 aromatic carbocycles. The highest BCUT2D eigenvalue weighted by Gasteiger charge is 2.11. The molecule has 0 aliphatic heterocycles. The van der Waals surface area contributed by atoms with Gasteiger partial charge >= 0.3 is 5.97 Å². The smallest absolute Gasteiger partial charge is 0.310 e. The molecule has 0 radical (unpaired) electrons. The average Bonchev–Trinajstić information content (AvgIpc) is 1.87. The first-order valence-corrected chi connectivity index (χ1v) is 2.88. The van der Waals surface area contributed by atoms with E-state index in [9.17, 15) is 4.79 Å². The summed E-state index contributed by atoms with van der Waals surface area (Å²) in [4.78, 5) is 10.3. The van der Waals surface area contributed by atoms with Crippen molar-refractivity contribution in [3.63, 3.8) is 0 Å². The van der Waals surface area contributed by atoms with Crippen molar-refractivity contribution in [1.29, 1.82) is 5.26 Å². The minimum Gasteiger partial charge on any atom is -0.481 e. The van der Waals surface area contributed by atoms with Crippen molar-refractivity contribution in [1.82, 2.24) is 0 Å². The molecule has 0 amide bonds. The molecule has 0 aliphatic rings. The molecule has 54 valence electrons. The van der Waals surface area contributed by atoms with E-state index >= 15 is 0 Å². The minimum absolute atomic E-state index is 0.556. The first-order valence-electron chi connectivity index (χ1n) is 2.88. The molecule has 0 heterocycles. The van der Waals surface area contributed by atoms with Gasteiger partial charge in [0.15, 0.2) is 0 Å². The Morgan fingerprint density at radius 1 is 1.80 bits per heavy atom. The summed E-state index contributed by atoms with van der Waals surface area (Å²) in [6.45, 7) is 3.17. The first kappa shape index (κ1) is 8.70. The molecule has 0 saturated heterocycles. The normalized spacial score (nSPS) is 13.9. The van der Waals surface area contributed by atoms with Crippen LogP contribution in [0.3, 0.4) is 0 Å². The summed E-state index contributed by atoms with van der Waals surface area (Å²) < 4.78 is 0. The predicted molar refractivity (Wildman–Crippen MR) is 36.2 cm³/mol. The van der Waals surface area contributed by atoms with Crippen LogP contribution in [-0.2, 0) is 4.79 Å². The lowest BCUT2D eigenvalue weighted by atomic mass is 10.0. The van der Waals surface area contributed by atoms with Crippen LogP contribution >= 0.6 is 0 Å². The van der Waals surface area contributed by atoms with Crippen LogP contribution < -0.4 is 0 Å². The Hall–Kier alpha value is -1.30. The molecule has 0 aliphatic carbocycles. The lowest BCUT2D eigenvalue weighted by Gasteiger charge is -2.02. The number of allylic oxidation sites excluding steroid dienone is 1. The number of hydrogen-bond donors (Lipinski definition) is 1. The minimum atomic E-state index is -0.899. The van der Waals surface area contributed by atoms with Gasteiger partial charge in [-0.3, -0.25) is 4.79 Å². The molecule has 10 heavy (non-hydrogen) atoms. The monoisotopic (exact) mass is 139 g/mol. The second-order valence-electron chi connectivity index (χ2n) is 2.08. The van der Waals surface area contributed by atoms with E-state index in [1.54, 1.807) is 19.9 Å². The van der Waals surface area contributed by atoms with E-state index in [0.717, 1.165) is 0 Å². The Labute approximate surface area is 59.6 Å². The Morgan fingerprint density at radius 2 is 2.30 bits per heavy atom. The number of hydrogen-bond acceptors (Lipinski definition) is 2. The molecule has 0 aromatic heterocycles. The van der Waals surface area contributed by atoms with Crippen LogP contribution in [0.5, 0.6) is 0 Å². The fourth-order valence-corrected chi connectivity index (χ4v) is 0.422. The zero-order chi connectivity index (χ0) is 8.15. The van der Waals surface area contributed by atoms with Gasteiger partial charge in [-0.05, 0) is 19.4 Å². The number of nitriles is 1. The highest BCUT2D eigenvalue weighted by atomic mass is 16.4. The van der Waals surface area contributed by atoms with Gasteiger partial charge in [-0.25, -0.2) is 0 Å². The molecule has 0 saturated carbocycles. The summed E-state index contributed by atoms with van der Waals surface area (Å²) in [5, 5.41) is 16.6. The van der Waals surface area contributed by atoms with E-state index in [-0.39, 0.29) is 0 Å². The lowest BCUT2D eigenvalue weighted by Crippen LogP contribution is -2.10. The van der Waals surface area contributed by atoms with E-state index in [2.05, 4.69) is 0 Å². The summed E-state index contributed by atoms with van der Waals surface area (Å²) in [6, 6.07) is 1.78. The van der Waals surface area contributed by atoms with Crippen LogP contribution in [0.1, 0.15) is 13.8 Å². The van der Waals surface area contributed by atoms with Gasteiger partial charge in [0.2, 0.25) is 0 Å². The molecule has 0 rings (SSSR count). The summed E-state index contributed by atoms with van der Waals surface area (Å²) >= 11 is 0. The first-order chi connectivity index (χ1) is 4.59. The van der Waals surface area contributed by atoms with Crippen LogP contribution in [0, 0.1) is 17.2 Å². The molecule has 3 heteroatoms. The SMILES string of the molecule is C/C(=C\C#N)C(C)C(=O)O. The Balaban J connectivity index is 4.24. The van der Waals surface area contributed by atoms with Crippen molar-refractivity contribution in [2.24, 2.45) is 5.92 Å². The van der Waals surface area contributed by atoms with Crippen molar-refractivity contribution < 1.29 is 9.90 Å². The maximum absolute atomic E-state index is 10.3. The predicted octanol–water partition coefficient (Wildman–Crippen LogP) is 1.18. The van der Waals surface area contributed by atoms with E-state index in [4.69, 9.17) is 10.4 Å². The number of carbonyl (C=O) groups is 1. The Kier molecular flexibility index (Phi) is 3.20. The van der Waals surface area contributed by atoms with E-state index in [1.165, 1.54) is 6.08 Å². The molecule has 1 unspecified atom stereocenters. The zero-order valence-electron chi connectivity index (χ0n) is 5.96. The topological polar surface area (TPSA) is 61.1 Å². The van der Waals surface area contributed by atoms with Crippen molar-refractivity contribution >= 4 is 5.97 Å². The highest BCUT2D eigenvalue weighted by molar-refractivity contribution is 5.73. The number of nitrogens with zero attached hydrogens (tertiary/aromatic N) is 1. The van der Waals surface area contributed by atoms with Gasteiger partial charge in [0.1, 0.15) is 0 Å². The van der Waals surface area contributed by atoms with Crippen LogP contribution in [0.4, 0.5) is 0 Å². The van der Waals surface area contributed by atoms with Gasteiger partial charge in [0.05, 0.1) is 12.0 Å². The number of aliphatic carboxylic acids is 1. The largest absolute Gasteiger partial charge is 0.481 e. The highest BCUT2D eigenvalue weighted by Crippen LogP contribution is 2.08. The average molecular weight is 139 g/mol. The fourth-order valence-electron chi connectivity index (χ4n) is 0.422. The fraction of sp³-hybridized carbons (Fsp3) is 0.429. The third-order valence-corrected chi connectivity index (χ3v) is 1.35. The molecule has 1 N–H and O–H groups in total. The second kappa shape index (κ2) is 3.67. The van der Waals surface area contributed by atoms with Gasteiger partial charge in [-0.2, -0.15) is 5.26 Å². The maximum Gasteiger partial charge on any atom is 0.310 e. The standard InChI is InChI=1S/C7H9NO2/c1-5(3-4-8)6(2)7(9)10/h3,6H,1-2H3,(H,9,10)/b5-3+. The van der Waals surface area contributed by atoms with Crippen LogP contribution in [0.15, 0.2) is 11.6 Å². The number of rotatable bonds is 2. The molecule has 0 fully saturated rings. The van der Waals surface area contributed by atoms with Crippen molar-refractivity contribution in [3.05, 3.63) is 11.6 Å².